The van der Waals surface area contributed by atoms with Crippen molar-refractivity contribution in [2.24, 2.45) is 0 Å². The Morgan fingerprint density at radius 2 is 1.60 bits per heavy atom. The second-order valence-corrected chi connectivity index (χ2v) is 6.09. The van der Waals surface area contributed by atoms with E-state index in [0.717, 1.165) is 32.4 Å². The number of benzene rings is 2. The van der Waals surface area contributed by atoms with Gasteiger partial charge in [0.2, 0.25) is 0 Å². The number of rotatable bonds is 2. The van der Waals surface area contributed by atoms with E-state index >= 15 is 0 Å². The number of anilines is 1. The fourth-order valence-electron chi connectivity index (χ4n) is 2.27. The van der Waals surface area contributed by atoms with E-state index in [1.54, 1.807) is 4.90 Å². The molecule has 2 aromatic rings. The van der Waals surface area contributed by atoms with Crippen LogP contribution in [0.3, 0.4) is 0 Å². The zero-order valence-electron chi connectivity index (χ0n) is 12.2. The van der Waals surface area contributed by atoms with Crippen molar-refractivity contribution in [3.63, 3.8) is 0 Å². The number of hydrogen-bond acceptors (Lipinski definition) is 1. The average Bonchev–Trinajstić information content (AvgIpc) is 2.38. The number of carbonyl (C=O) groups is 1. The highest BCUT2D eigenvalue weighted by Crippen LogP contribution is 2.22. The number of aryl methyl sites for hydroxylation is 3. The average molecular weight is 332 g/mol. The molecule has 0 aliphatic heterocycles. The van der Waals surface area contributed by atoms with Gasteiger partial charge in [0.15, 0.2) is 0 Å². The molecule has 2 rings (SSSR count). The van der Waals surface area contributed by atoms with Gasteiger partial charge in [-0.1, -0.05) is 28.1 Å². The first-order valence-electron chi connectivity index (χ1n) is 6.51. The fraction of sp³-hybridized carbons (Fsp3) is 0.235. The van der Waals surface area contributed by atoms with E-state index in [0.29, 0.717) is 0 Å². The van der Waals surface area contributed by atoms with Crippen LogP contribution in [0, 0.1) is 20.8 Å². The van der Waals surface area contributed by atoms with Crippen LogP contribution in [0.5, 0.6) is 0 Å². The molecule has 0 spiro atoms. The highest BCUT2D eigenvalue weighted by Gasteiger charge is 2.16. The van der Waals surface area contributed by atoms with Crippen LogP contribution in [0.15, 0.2) is 40.9 Å². The van der Waals surface area contributed by atoms with E-state index < -0.39 is 0 Å². The van der Waals surface area contributed by atoms with Crippen LogP contribution in [-0.2, 0) is 0 Å². The molecule has 0 saturated heterocycles. The van der Waals surface area contributed by atoms with Crippen molar-refractivity contribution in [3.05, 3.63) is 63.1 Å². The summed E-state index contributed by atoms with van der Waals surface area (Å²) in [5, 5.41) is 0. The fourth-order valence-corrected chi connectivity index (χ4v) is 2.63. The molecule has 0 unspecified atom stereocenters. The predicted octanol–water partition coefficient (Wildman–Crippen LogP) is 4.65. The van der Waals surface area contributed by atoms with E-state index in [4.69, 9.17) is 0 Å². The van der Waals surface area contributed by atoms with Gasteiger partial charge in [-0.25, -0.2) is 0 Å². The summed E-state index contributed by atoms with van der Waals surface area (Å²) in [7, 11) is 1.82. The lowest BCUT2D eigenvalue weighted by atomic mass is 10.1. The molecule has 0 aromatic heterocycles. The quantitative estimate of drug-likeness (QED) is 0.784. The molecule has 20 heavy (non-hydrogen) atoms. The summed E-state index contributed by atoms with van der Waals surface area (Å²) in [6.45, 7) is 6.04. The van der Waals surface area contributed by atoms with E-state index in [2.05, 4.69) is 22.0 Å². The molecule has 0 radical (unpaired) electrons. The van der Waals surface area contributed by atoms with Gasteiger partial charge in [0.1, 0.15) is 0 Å². The first kappa shape index (κ1) is 14.8. The third-order valence-electron chi connectivity index (χ3n) is 3.33. The lowest BCUT2D eigenvalue weighted by Gasteiger charge is -2.20. The van der Waals surface area contributed by atoms with Crippen molar-refractivity contribution in [2.75, 3.05) is 11.9 Å². The second kappa shape index (κ2) is 5.80. The molecule has 104 valence electrons. The van der Waals surface area contributed by atoms with Gasteiger partial charge in [-0.2, -0.15) is 0 Å². The first-order valence-corrected chi connectivity index (χ1v) is 7.30. The Balaban J connectivity index is 2.39. The minimum absolute atomic E-state index is 0.00815. The predicted molar refractivity (Wildman–Crippen MR) is 87.5 cm³/mol. The Bertz CT molecular complexity index is 644. The lowest BCUT2D eigenvalue weighted by Crippen LogP contribution is -2.27. The van der Waals surface area contributed by atoms with Gasteiger partial charge in [0, 0.05) is 22.8 Å². The van der Waals surface area contributed by atoms with Crippen LogP contribution < -0.4 is 4.90 Å². The van der Waals surface area contributed by atoms with E-state index in [1.165, 1.54) is 0 Å². The van der Waals surface area contributed by atoms with Gasteiger partial charge in [-0.3, -0.25) is 4.79 Å². The van der Waals surface area contributed by atoms with Crippen molar-refractivity contribution >= 4 is 27.5 Å². The van der Waals surface area contributed by atoms with Gasteiger partial charge in [-0.05, 0) is 61.7 Å². The monoisotopic (exact) mass is 331 g/mol. The molecule has 0 heterocycles. The Kier molecular flexibility index (Phi) is 4.29. The van der Waals surface area contributed by atoms with Gasteiger partial charge in [0.05, 0.1) is 0 Å². The molecule has 0 aliphatic rings. The molecule has 0 atom stereocenters. The summed E-state index contributed by atoms with van der Waals surface area (Å²) in [6.07, 6.45) is 0. The Morgan fingerprint density at radius 1 is 1.00 bits per heavy atom. The molecule has 1 amide bonds. The van der Waals surface area contributed by atoms with E-state index in [9.17, 15) is 4.79 Å². The van der Waals surface area contributed by atoms with Gasteiger partial charge in [0.25, 0.3) is 5.91 Å². The molecule has 2 aromatic carbocycles. The molecule has 0 aliphatic carbocycles. The Hall–Kier alpha value is -1.61. The first-order chi connectivity index (χ1) is 9.38. The van der Waals surface area contributed by atoms with Crippen LogP contribution in [0.2, 0.25) is 0 Å². The van der Waals surface area contributed by atoms with Crippen LogP contribution >= 0.6 is 15.9 Å². The zero-order valence-corrected chi connectivity index (χ0v) is 13.8. The van der Waals surface area contributed by atoms with Crippen LogP contribution in [-0.4, -0.2) is 13.0 Å². The smallest absolute Gasteiger partial charge is 0.258 e. The SMILES string of the molecule is Cc1cc(C)cc(N(C)C(=O)c2cc(Br)ccc2C)c1. The molecular weight excluding hydrogens is 314 g/mol. The standard InChI is InChI=1S/C17H18BrNO/c1-11-7-12(2)9-15(8-11)19(4)17(20)16-10-14(18)6-5-13(16)3/h5-10H,1-4H3. The summed E-state index contributed by atoms with van der Waals surface area (Å²) in [4.78, 5) is 14.3. The van der Waals surface area contributed by atoms with Crippen LogP contribution in [0.1, 0.15) is 27.0 Å². The maximum Gasteiger partial charge on any atom is 0.258 e. The normalized spacial score (nSPS) is 10.4. The third-order valence-corrected chi connectivity index (χ3v) is 3.82. The Morgan fingerprint density at radius 3 is 2.20 bits per heavy atom. The molecule has 2 nitrogen and oxygen atoms in total. The summed E-state index contributed by atoms with van der Waals surface area (Å²) < 4.78 is 0.917. The van der Waals surface area contributed by atoms with Crippen molar-refractivity contribution in [3.8, 4) is 0 Å². The highest BCUT2D eigenvalue weighted by molar-refractivity contribution is 9.10. The van der Waals surface area contributed by atoms with Crippen LogP contribution in [0.4, 0.5) is 5.69 Å². The zero-order chi connectivity index (χ0) is 14.9. The summed E-state index contributed by atoms with van der Waals surface area (Å²) in [5.41, 5.74) is 4.94. The van der Waals surface area contributed by atoms with Gasteiger partial charge >= 0.3 is 0 Å². The third kappa shape index (κ3) is 3.10. The van der Waals surface area contributed by atoms with Crippen molar-refractivity contribution < 1.29 is 4.79 Å². The van der Waals surface area contributed by atoms with Gasteiger partial charge < -0.3 is 4.90 Å². The minimum atomic E-state index is 0.00815. The molecule has 0 fully saturated rings. The largest absolute Gasteiger partial charge is 0.311 e. The maximum atomic E-state index is 12.6. The number of carbonyl (C=O) groups excluding carboxylic acids is 1. The van der Waals surface area contributed by atoms with Crippen molar-refractivity contribution in [2.45, 2.75) is 20.8 Å². The topological polar surface area (TPSA) is 20.3 Å². The molecule has 3 heteroatoms. The van der Waals surface area contributed by atoms with E-state index in [1.807, 2.05) is 58.2 Å². The molecule has 0 saturated carbocycles. The lowest BCUT2D eigenvalue weighted by molar-refractivity contribution is 0.0992. The Labute approximate surface area is 128 Å². The van der Waals surface area contributed by atoms with Crippen molar-refractivity contribution in [1.29, 1.82) is 0 Å². The van der Waals surface area contributed by atoms with Crippen molar-refractivity contribution in [1.82, 2.24) is 0 Å². The summed E-state index contributed by atoms with van der Waals surface area (Å²) >= 11 is 3.42. The second-order valence-electron chi connectivity index (χ2n) is 5.17. The molecular formula is C17H18BrNO. The minimum Gasteiger partial charge on any atom is -0.311 e. The molecule has 0 bridgehead atoms. The van der Waals surface area contributed by atoms with E-state index in [-0.39, 0.29) is 5.91 Å². The number of halogens is 1. The number of nitrogens with zero attached hydrogens (tertiary/aromatic N) is 1. The highest BCUT2D eigenvalue weighted by atomic mass is 79.9. The maximum absolute atomic E-state index is 12.6. The number of amides is 1. The van der Waals surface area contributed by atoms with Gasteiger partial charge in [-0.15, -0.1) is 0 Å². The molecule has 0 N–H and O–H groups in total. The summed E-state index contributed by atoms with van der Waals surface area (Å²) in [6, 6.07) is 11.9. The van der Waals surface area contributed by atoms with Crippen LogP contribution in [0.25, 0.3) is 0 Å². The summed E-state index contributed by atoms with van der Waals surface area (Å²) in [5.74, 6) is 0.00815. The number of hydrogen-bond donors (Lipinski definition) is 0.